The van der Waals surface area contributed by atoms with E-state index in [4.69, 9.17) is 5.73 Å². The molecule has 0 atom stereocenters. The zero-order chi connectivity index (χ0) is 15.6. The summed E-state index contributed by atoms with van der Waals surface area (Å²) in [6, 6.07) is 5.75. The highest BCUT2D eigenvalue weighted by atomic mass is 32.2. The van der Waals surface area contributed by atoms with Crippen LogP contribution in [0.1, 0.15) is 5.56 Å². The van der Waals surface area contributed by atoms with Gasteiger partial charge in [0.15, 0.2) is 0 Å². The van der Waals surface area contributed by atoms with E-state index in [1.807, 2.05) is 4.72 Å². The summed E-state index contributed by atoms with van der Waals surface area (Å²) in [5.41, 5.74) is 5.21. The maximum atomic E-state index is 13.6. The number of hydrogen-bond donors (Lipinski definition) is 2. The predicted molar refractivity (Wildman–Crippen MR) is 71.5 cm³/mol. The van der Waals surface area contributed by atoms with E-state index in [1.165, 1.54) is 12.1 Å². The van der Waals surface area contributed by atoms with Crippen molar-refractivity contribution in [2.24, 2.45) is 5.73 Å². The van der Waals surface area contributed by atoms with Gasteiger partial charge in [-0.2, -0.15) is 0 Å². The average Bonchev–Trinajstić information content (AvgIpc) is 2.38. The fourth-order valence-electron chi connectivity index (χ4n) is 1.75. The summed E-state index contributed by atoms with van der Waals surface area (Å²) in [7, 11) is -4.32. The zero-order valence-corrected chi connectivity index (χ0v) is 11.4. The molecule has 8 heteroatoms. The van der Waals surface area contributed by atoms with E-state index in [0.29, 0.717) is 6.07 Å². The molecular formula is C13H11F3N2O2S. The quantitative estimate of drug-likeness (QED) is 0.909. The lowest BCUT2D eigenvalue weighted by atomic mass is 10.2. The summed E-state index contributed by atoms with van der Waals surface area (Å²) < 4.78 is 66.1. The van der Waals surface area contributed by atoms with Gasteiger partial charge >= 0.3 is 0 Å². The molecule has 0 amide bonds. The molecule has 0 saturated heterocycles. The molecule has 0 aliphatic rings. The molecule has 0 spiro atoms. The SMILES string of the molecule is NCc1c(F)cccc1NS(=O)(=O)c1ccc(F)cc1F. The van der Waals surface area contributed by atoms with Gasteiger partial charge in [-0.25, -0.2) is 21.6 Å². The van der Waals surface area contributed by atoms with Crippen molar-refractivity contribution in [1.82, 2.24) is 0 Å². The van der Waals surface area contributed by atoms with Crippen molar-refractivity contribution in [2.45, 2.75) is 11.4 Å². The third kappa shape index (κ3) is 3.17. The van der Waals surface area contributed by atoms with Crippen molar-refractivity contribution in [1.29, 1.82) is 0 Å². The Morgan fingerprint density at radius 2 is 1.76 bits per heavy atom. The van der Waals surface area contributed by atoms with Crippen LogP contribution in [0.4, 0.5) is 18.9 Å². The largest absolute Gasteiger partial charge is 0.326 e. The van der Waals surface area contributed by atoms with Crippen molar-refractivity contribution in [3.05, 3.63) is 59.4 Å². The average molecular weight is 316 g/mol. The molecule has 0 aromatic heterocycles. The van der Waals surface area contributed by atoms with Crippen LogP contribution in [-0.4, -0.2) is 8.42 Å². The molecule has 3 N–H and O–H groups in total. The summed E-state index contributed by atoms with van der Waals surface area (Å²) >= 11 is 0. The van der Waals surface area contributed by atoms with Crippen LogP contribution in [0, 0.1) is 17.5 Å². The number of halogens is 3. The molecule has 2 rings (SSSR count). The van der Waals surface area contributed by atoms with Crippen molar-refractivity contribution >= 4 is 15.7 Å². The van der Waals surface area contributed by atoms with E-state index >= 15 is 0 Å². The Labute approximate surface area is 119 Å². The molecule has 4 nitrogen and oxygen atoms in total. The molecule has 21 heavy (non-hydrogen) atoms. The summed E-state index contributed by atoms with van der Waals surface area (Å²) in [5, 5.41) is 0. The Morgan fingerprint density at radius 1 is 1.05 bits per heavy atom. The predicted octanol–water partition coefficient (Wildman–Crippen LogP) is 2.36. The second-order valence-electron chi connectivity index (χ2n) is 4.15. The van der Waals surface area contributed by atoms with Gasteiger partial charge in [0.2, 0.25) is 0 Å². The third-order valence-electron chi connectivity index (χ3n) is 2.75. The van der Waals surface area contributed by atoms with Crippen LogP contribution in [0.15, 0.2) is 41.3 Å². The lowest BCUT2D eigenvalue weighted by Gasteiger charge is -2.12. The fraction of sp³-hybridized carbons (Fsp3) is 0.0769. The summed E-state index contributed by atoms with van der Waals surface area (Å²) in [5.74, 6) is -2.83. The van der Waals surface area contributed by atoms with Crippen LogP contribution in [0.3, 0.4) is 0 Å². The summed E-state index contributed by atoms with van der Waals surface area (Å²) in [6.07, 6.45) is 0. The number of benzene rings is 2. The summed E-state index contributed by atoms with van der Waals surface area (Å²) in [6.45, 7) is -0.240. The monoisotopic (exact) mass is 316 g/mol. The van der Waals surface area contributed by atoms with Gasteiger partial charge in [-0.15, -0.1) is 0 Å². The molecule has 2 aromatic rings. The topological polar surface area (TPSA) is 72.2 Å². The second-order valence-corrected chi connectivity index (χ2v) is 5.80. The molecule has 0 aliphatic carbocycles. The van der Waals surface area contributed by atoms with Gasteiger partial charge in [0.1, 0.15) is 22.3 Å². The van der Waals surface area contributed by atoms with Crippen molar-refractivity contribution in [3.63, 3.8) is 0 Å². The van der Waals surface area contributed by atoms with E-state index in [0.717, 1.165) is 18.2 Å². The van der Waals surface area contributed by atoms with Crippen LogP contribution in [-0.2, 0) is 16.6 Å². The first-order valence-corrected chi connectivity index (χ1v) is 7.29. The van der Waals surface area contributed by atoms with Crippen LogP contribution >= 0.6 is 0 Å². The normalized spacial score (nSPS) is 11.4. The molecular weight excluding hydrogens is 305 g/mol. The Balaban J connectivity index is 2.45. The number of anilines is 1. The fourth-order valence-corrected chi connectivity index (χ4v) is 2.91. The first-order valence-electron chi connectivity index (χ1n) is 5.80. The van der Waals surface area contributed by atoms with Crippen molar-refractivity contribution in [2.75, 3.05) is 4.72 Å². The van der Waals surface area contributed by atoms with E-state index in [-0.39, 0.29) is 17.8 Å². The molecule has 2 aromatic carbocycles. The molecule has 0 saturated carbocycles. The highest BCUT2D eigenvalue weighted by Crippen LogP contribution is 2.23. The zero-order valence-electron chi connectivity index (χ0n) is 10.6. The molecule has 0 unspecified atom stereocenters. The second kappa shape index (κ2) is 5.74. The molecule has 0 bridgehead atoms. The van der Waals surface area contributed by atoms with Gasteiger partial charge in [-0.3, -0.25) is 4.72 Å². The van der Waals surface area contributed by atoms with Gasteiger partial charge in [0.05, 0.1) is 5.69 Å². The Kier molecular flexibility index (Phi) is 4.19. The minimum Gasteiger partial charge on any atom is -0.326 e. The Hall–Kier alpha value is -2.06. The number of nitrogens with two attached hydrogens (primary N) is 1. The number of hydrogen-bond acceptors (Lipinski definition) is 3. The van der Waals surface area contributed by atoms with E-state index in [2.05, 4.69) is 0 Å². The van der Waals surface area contributed by atoms with E-state index in [9.17, 15) is 21.6 Å². The standard InChI is InChI=1S/C13H11F3N2O2S/c14-8-4-5-13(11(16)6-8)21(19,20)18-12-3-1-2-10(15)9(12)7-17/h1-6,18H,7,17H2. The van der Waals surface area contributed by atoms with Gasteiger partial charge in [-0.05, 0) is 24.3 Å². The smallest absolute Gasteiger partial charge is 0.264 e. The Morgan fingerprint density at radius 3 is 2.38 bits per heavy atom. The highest BCUT2D eigenvalue weighted by molar-refractivity contribution is 7.92. The number of nitrogens with one attached hydrogen (secondary N) is 1. The van der Waals surface area contributed by atoms with Crippen LogP contribution < -0.4 is 10.5 Å². The van der Waals surface area contributed by atoms with Gasteiger partial charge < -0.3 is 5.73 Å². The molecule has 0 aliphatic heterocycles. The van der Waals surface area contributed by atoms with Gasteiger partial charge in [-0.1, -0.05) is 6.07 Å². The third-order valence-corrected chi connectivity index (χ3v) is 4.15. The minimum atomic E-state index is -4.32. The first kappa shape index (κ1) is 15.3. The van der Waals surface area contributed by atoms with Crippen LogP contribution in [0.5, 0.6) is 0 Å². The van der Waals surface area contributed by atoms with E-state index < -0.39 is 32.4 Å². The maximum Gasteiger partial charge on any atom is 0.264 e. The molecule has 112 valence electrons. The summed E-state index contributed by atoms with van der Waals surface area (Å²) in [4.78, 5) is -0.740. The lowest BCUT2D eigenvalue weighted by Crippen LogP contribution is -2.17. The number of sulfonamides is 1. The van der Waals surface area contributed by atoms with Gasteiger partial charge in [0, 0.05) is 18.2 Å². The maximum absolute atomic E-state index is 13.6. The number of rotatable bonds is 4. The first-order chi connectivity index (χ1) is 9.85. The van der Waals surface area contributed by atoms with E-state index in [1.54, 1.807) is 0 Å². The molecule has 0 heterocycles. The lowest BCUT2D eigenvalue weighted by molar-refractivity contribution is 0.551. The van der Waals surface area contributed by atoms with Crippen molar-refractivity contribution in [3.8, 4) is 0 Å². The highest BCUT2D eigenvalue weighted by Gasteiger charge is 2.21. The molecule has 0 fully saturated rings. The van der Waals surface area contributed by atoms with Gasteiger partial charge in [0.25, 0.3) is 10.0 Å². The Bertz CT molecular complexity index is 779. The minimum absolute atomic E-state index is 0.0522. The van der Waals surface area contributed by atoms with Crippen LogP contribution in [0.2, 0.25) is 0 Å². The van der Waals surface area contributed by atoms with Crippen molar-refractivity contribution < 1.29 is 21.6 Å². The molecule has 0 radical (unpaired) electrons. The van der Waals surface area contributed by atoms with Crippen LogP contribution in [0.25, 0.3) is 0 Å².